The number of hydrogen-bond donors (Lipinski definition) is 1. The summed E-state index contributed by atoms with van der Waals surface area (Å²) >= 11 is 0. The Morgan fingerprint density at radius 2 is 2.00 bits per heavy atom. The summed E-state index contributed by atoms with van der Waals surface area (Å²) in [7, 11) is 0. The predicted octanol–water partition coefficient (Wildman–Crippen LogP) is 2.44. The van der Waals surface area contributed by atoms with Crippen molar-refractivity contribution >= 4 is 0 Å². The largest absolute Gasteiger partial charge is 0.372 e. The standard InChI is InChI=1S/C10H21F2NO/c1-4-6-9(3)14-8-10(11,12)7-13-5-2/h9,13H,4-8H2,1-3H3. The number of alkyl halides is 2. The van der Waals surface area contributed by atoms with Crippen molar-refractivity contribution in [2.75, 3.05) is 19.7 Å². The van der Waals surface area contributed by atoms with Crippen molar-refractivity contribution < 1.29 is 13.5 Å². The van der Waals surface area contributed by atoms with Crippen molar-refractivity contribution in [3.8, 4) is 0 Å². The molecule has 14 heavy (non-hydrogen) atoms. The minimum atomic E-state index is -2.75. The Morgan fingerprint density at radius 3 is 2.50 bits per heavy atom. The summed E-state index contributed by atoms with van der Waals surface area (Å²) < 4.78 is 31.1. The molecule has 0 aromatic carbocycles. The summed E-state index contributed by atoms with van der Waals surface area (Å²) in [5, 5.41) is 2.61. The Morgan fingerprint density at radius 1 is 1.36 bits per heavy atom. The van der Waals surface area contributed by atoms with Gasteiger partial charge in [0, 0.05) is 0 Å². The second kappa shape index (κ2) is 7.12. The molecule has 0 fully saturated rings. The van der Waals surface area contributed by atoms with Crippen molar-refractivity contribution in [2.45, 2.75) is 45.6 Å². The van der Waals surface area contributed by atoms with Gasteiger partial charge in [0.1, 0.15) is 6.61 Å². The smallest absolute Gasteiger partial charge is 0.283 e. The molecule has 1 atom stereocenters. The first-order chi connectivity index (χ1) is 6.52. The van der Waals surface area contributed by atoms with Crippen molar-refractivity contribution in [1.82, 2.24) is 5.32 Å². The Bertz CT molecular complexity index is 142. The lowest BCUT2D eigenvalue weighted by molar-refractivity contribution is -0.0945. The van der Waals surface area contributed by atoms with Crippen LogP contribution in [0.25, 0.3) is 0 Å². The van der Waals surface area contributed by atoms with E-state index in [1.807, 2.05) is 13.8 Å². The maximum absolute atomic E-state index is 13.0. The van der Waals surface area contributed by atoms with Gasteiger partial charge in [0.25, 0.3) is 5.92 Å². The van der Waals surface area contributed by atoms with Crippen LogP contribution in [-0.2, 0) is 4.74 Å². The van der Waals surface area contributed by atoms with Crippen LogP contribution in [0.3, 0.4) is 0 Å². The minimum absolute atomic E-state index is 0.0764. The highest BCUT2D eigenvalue weighted by Gasteiger charge is 2.29. The highest BCUT2D eigenvalue weighted by molar-refractivity contribution is 4.68. The molecule has 0 saturated carbocycles. The molecule has 0 amide bonds. The molecule has 1 unspecified atom stereocenters. The van der Waals surface area contributed by atoms with E-state index in [1.54, 1.807) is 6.92 Å². The van der Waals surface area contributed by atoms with E-state index >= 15 is 0 Å². The first-order valence-corrected chi connectivity index (χ1v) is 5.22. The Hall–Kier alpha value is -0.220. The predicted molar refractivity (Wildman–Crippen MR) is 53.8 cm³/mol. The van der Waals surface area contributed by atoms with Crippen LogP contribution in [0.5, 0.6) is 0 Å². The third-order valence-corrected chi connectivity index (χ3v) is 1.91. The molecule has 0 aliphatic rings. The van der Waals surface area contributed by atoms with E-state index in [2.05, 4.69) is 5.32 Å². The molecule has 0 aliphatic carbocycles. The monoisotopic (exact) mass is 209 g/mol. The Labute approximate surface area is 85.0 Å². The van der Waals surface area contributed by atoms with Crippen LogP contribution in [-0.4, -0.2) is 31.7 Å². The zero-order valence-electron chi connectivity index (χ0n) is 9.28. The SMILES string of the molecule is CCCC(C)OCC(F)(F)CNCC. The molecule has 86 valence electrons. The van der Waals surface area contributed by atoms with Crippen LogP contribution in [0, 0.1) is 0 Å². The number of rotatable bonds is 8. The van der Waals surface area contributed by atoms with Gasteiger partial charge in [-0.3, -0.25) is 0 Å². The highest BCUT2D eigenvalue weighted by Crippen LogP contribution is 2.14. The van der Waals surface area contributed by atoms with E-state index in [-0.39, 0.29) is 12.6 Å². The van der Waals surface area contributed by atoms with E-state index in [0.717, 1.165) is 12.8 Å². The third-order valence-electron chi connectivity index (χ3n) is 1.91. The van der Waals surface area contributed by atoms with Gasteiger partial charge in [0.15, 0.2) is 0 Å². The summed E-state index contributed by atoms with van der Waals surface area (Å²) in [5.74, 6) is -2.75. The average Bonchev–Trinajstić information content (AvgIpc) is 2.13. The molecule has 0 bridgehead atoms. The highest BCUT2D eigenvalue weighted by atomic mass is 19.3. The van der Waals surface area contributed by atoms with E-state index in [1.165, 1.54) is 0 Å². The summed E-state index contributed by atoms with van der Waals surface area (Å²) in [5.41, 5.74) is 0. The van der Waals surface area contributed by atoms with Crippen molar-refractivity contribution in [1.29, 1.82) is 0 Å². The quantitative estimate of drug-likeness (QED) is 0.663. The van der Waals surface area contributed by atoms with Gasteiger partial charge in [-0.1, -0.05) is 20.3 Å². The zero-order chi connectivity index (χ0) is 11.0. The maximum Gasteiger partial charge on any atom is 0.283 e. The molecular formula is C10H21F2NO. The van der Waals surface area contributed by atoms with Crippen LogP contribution in [0.4, 0.5) is 8.78 Å². The average molecular weight is 209 g/mol. The summed E-state index contributed by atoms with van der Waals surface area (Å²) in [6, 6.07) is 0. The number of halogens is 2. The van der Waals surface area contributed by atoms with E-state index in [4.69, 9.17) is 4.74 Å². The van der Waals surface area contributed by atoms with Gasteiger partial charge >= 0.3 is 0 Å². The van der Waals surface area contributed by atoms with Gasteiger partial charge in [-0.25, -0.2) is 8.78 Å². The van der Waals surface area contributed by atoms with Gasteiger partial charge < -0.3 is 10.1 Å². The van der Waals surface area contributed by atoms with Crippen LogP contribution in [0.2, 0.25) is 0 Å². The fraction of sp³-hybridized carbons (Fsp3) is 1.00. The molecule has 0 radical (unpaired) electrons. The topological polar surface area (TPSA) is 21.3 Å². The van der Waals surface area contributed by atoms with E-state index in [9.17, 15) is 8.78 Å². The number of ether oxygens (including phenoxy) is 1. The van der Waals surface area contributed by atoms with Gasteiger partial charge in [0.2, 0.25) is 0 Å². The van der Waals surface area contributed by atoms with Gasteiger partial charge in [-0.05, 0) is 19.9 Å². The lowest BCUT2D eigenvalue weighted by Gasteiger charge is -2.19. The maximum atomic E-state index is 13.0. The van der Waals surface area contributed by atoms with Gasteiger partial charge in [0.05, 0.1) is 12.6 Å². The normalized spacial score (nSPS) is 14.4. The third kappa shape index (κ3) is 7.21. The summed E-state index contributed by atoms with van der Waals surface area (Å²) in [6.45, 7) is 5.41. The minimum Gasteiger partial charge on any atom is -0.372 e. The fourth-order valence-electron chi connectivity index (χ4n) is 1.11. The lowest BCUT2D eigenvalue weighted by Crippen LogP contribution is -2.37. The molecule has 1 N–H and O–H groups in total. The van der Waals surface area contributed by atoms with Gasteiger partial charge in [-0.2, -0.15) is 0 Å². The van der Waals surface area contributed by atoms with E-state index < -0.39 is 12.5 Å². The van der Waals surface area contributed by atoms with Crippen molar-refractivity contribution in [3.05, 3.63) is 0 Å². The van der Waals surface area contributed by atoms with E-state index in [0.29, 0.717) is 6.54 Å². The molecule has 0 aliphatic heterocycles. The lowest BCUT2D eigenvalue weighted by atomic mass is 10.2. The molecule has 0 saturated heterocycles. The second-order valence-electron chi connectivity index (χ2n) is 3.55. The molecule has 0 aromatic rings. The Kier molecular flexibility index (Phi) is 7.01. The van der Waals surface area contributed by atoms with Crippen LogP contribution in [0.15, 0.2) is 0 Å². The van der Waals surface area contributed by atoms with Gasteiger partial charge in [-0.15, -0.1) is 0 Å². The zero-order valence-corrected chi connectivity index (χ0v) is 9.28. The summed E-state index contributed by atoms with van der Waals surface area (Å²) in [4.78, 5) is 0. The number of nitrogens with one attached hydrogen (secondary N) is 1. The molecule has 0 heterocycles. The molecule has 0 rings (SSSR count). The first-order valence-electron chi connectivity index (χ1n) is 5.22. The fourth-order valence-corrected chi connectivity index (χ4v) is 1.11. The summed E-state index contributed by atoms with van der Waals surface area (Å²) in [6.07, 6.45) is 1.71. The van der Waals surface area contributed by atoms with Crippen molar-refractivity contribution in [3.63, 3.8) is 0 Å². The van der Waals surface area contributed by atoms with Crippen LogP contribution >= 0.6 is 0 Å². The molecular weight excluding hydrogens is 188 g/mol. The van der Waals surface area contributed by atoms with Crippen molar-refractivity contribution in [2.24, 2.45) is 0 Å². The second-order valence-corrected chi connectivity index (χ2v) is 3.55. The van der Waals surface area contributed by atoms with Crippen LogP contribution in [0.1, 0.15) is 33.6 Å². The molecule has 4 heteroatoms. The first kappa shape index (κ1) is 13.8. The van der Waals surface area contributed by atoms with Crippen LogP contribution < -0.4 is 5.32 Å². The molecule has 0 spiro atoms. The number of hydrogen-bond acceptors (Lipinski definition) is 2. The Balaban J connectivity index is 3.63. The molecule has 2 nitrogen and oxygen atoms in total. The molecule has 0 aromatic heterocycles.